The van der Waals surface area contributed by atoms with Crippen LogP contribution in [-0.2, 0) is 17.1 Å². The molecule has 0 aliphatic heterocycles. The third kappa shape index (κ3) is 3.24. The largest absolute Gasteiger partial charge is 0.409 e. The summed E-state index contributed by atoms with van der Waals surface area (Å²) in [5.74, 6) is 0.586. The zero-order chi connectivity index (χ0) is 14.8. The number of hydrogen-bond donors (Lipinski definition) is 2. The van der Waals surface area contributed by atoms with Crippen LogP contribution in [-0.4, -0.2) is 46.4 Å². The number of aromatic nitrogens is 2. The van der Waals surface area contributed by atoms with Crippen LogP contribution in [0.15, 0.2) is 16.4 Å². The molecule has 0 spiro atoms. The Kier molecular flexibility index (Phi) is 4.53. The normalized spacial score (nSPS) is 14.9. The maximum absolute atomic E-state index is 12.3. The number of sulfonamides is 1. The van der Waals surface area contributed by atoms with Crippen molar-refractivity contribution in [3.05, 3.63) is 12.0 Å². The van der Waals surface area contributed by atoms with E-state index in [1.165, 1.54) is 13.2 Å². The van der Waals surface area contributed by atoms with Crippen LogP contribution in [0.1, 0.15) is 19.2 Å². The minimum Gasteiger partial charge on any atom is -0.409 e. The molecule has 1 aromatic rings. The molecule has 0 aliphatic carbocycles. The minimum absolute atomic E-state index is 0.0126. The number of nitrogens with two attached hydrogens (primary N) is 1. The lowest BCUT2D eigenvalue weighted by molar-refractivity contribution is 0.313. The van der Waals surface area contributed by atoms with Crippen molar-refractivity contribution >= 4 is 15.9 Å². The molecular weight excluding hydrogens is 270 g/mol. The molecule has 1 heterocycles. The number of rotatable bonds is 5. The summed E-state index contributed by atoms with van der Waals surface area (Å²) in [7, 11) is -0.522. The fourth-order valence-electron chi connectivity index (χ4n) is 1.51. The molecule has 0 bridgehead atoms. The maximum atomic E-state index is 12.3. The monoisotopic (exact) mass is 289 g/mol. The Morgan fingerprint density at radius 1 is 1.68 bits per heavy atom. The van der Waals surface area contributed by atoms with Gasteiger partial charge >= 0.3 is 0 Å². The van der Waals surface area contributed by atoms with Crippen molar-refractivity contribution in [2.24, 2.45) is 17.9 Å². The lowest BCUT2D eigenvalue weighted by Gasteiger charge is -2.22. The summed E-state index contributed by atoms with van der Waals surface area (Å²) in [6.45, 7) is 3.39. The van der Waals surface area contributed by atoms with Crippen molar-refractivity contribution in [3.8, 4) is 0 Å². The van der Waals surface area contributed by atoms with Crippen molar-refractivity contribution in [2.45, 2.75) is 31.3 Å². The fourth-order valence-corrected chi connectivity index (χ4v) is 2.89. The molecule has 0 fully saturated rings. The van der Waals surface area contributed by atoms with E-state index >= 15 is 0 Å². The predicted molar refractivity (Wildman–Crippen MR) is 70.4 cm³/mol. The van der Waals surface area contributed by atoms with Gasteiger partial charge in [0.15, 0.2) is 5.03 Å². The Morgan fingerprint density at radius 2 is 2.26 bits per heavy atom. The molecular formula is C10H19N5O3S. The Balaban J connectivity index is 3.00. The SMILES string of the molecule is Cc1nc(S(=O)(=O)N(C)C(C)C/C(N)=N/O)cn1C. The van der Waals surface area contributed by atoms with Crippen LogP contribution in [0.2, 0.25) is 0 Å². The number of aryl methyl sites for hydroxylation is 2. The van der Waals surface area contributed by atoms with Crippen molar-refractivity contribution < 1.29 is 13.6 Å². The molecule has 0 saturated carbocycles. The molecule has 3 N–H and O–H groups in total. The van der Waals surface area contributed by atoms with Gasteiger partial charge < -0.3 is 15.5 Å². The summed E-state index contributed by atoms with van der Waals surface area (Å²) in [6.07, 6.45) is 1.59. The van der Waals surface area contributed by atoms with E-state index in [9.17, 15) is 8.42 Å². The molecule has 0 aromatic carbocycles. The summed E-state index contributed by atoms with van der Waals surface area (Å²) < 4.78 is 27.4. The van der Waals surface area contributed by atoms with Gasteiger partial charge in [-0.05, 0) is 13.8 Å². The zero-order valence-corrected chi connectivity index (χ0v) is 12.2. The van der Waals surface area contributed by atoms with Crippen molar-refractivity contribution in [1.82, 2.24) is 13.9 Å². The Hall–Kier alpha value is -1.61. The topological polar surface area (TPSA) is 114 Å². The quantitative estimate of drug-likeness (QED) is 0.339. The molecule has 0 saturated heterocycles. The van der Waals surface area contributed by atoms with Crippen LogP contribution >= 0.6 is 0 Å². The van der Waals surface area contributed by atoms with Crippen LogP contribution in [0, 0.1) is 6.92 Å². The van der Waals surface area contributed by atoms with Gasteiger partial charge in [0.05, 0.1) is 0 Å². The molecule has 1 rings (SSSR count). The van der Waals surface area contributed by atoms with Gasteiger partial charge in [-0.15, -0.1) is 0 Å². The standard InChI is InChI=1S/C10H19N5O3S/c1-7(5-9(11)13-16)15(4)19(17,18)10-6-14(3)8(2)12-10/h6-7,16H,5H2,1-4H3,(H2,11,13). The number of amidine groups is 1. The van der Waals surface area contributed by atoms with Gasteiger partial charge in [-0.1, -0.05) is 5.16 Å². The smallest absolute Gasteiger partial charge is 0.262 e. The van der Waals surface area contributed by atoms with Crippen LogP contribution < -0.4 is 5.73 Å². The van der Waals surface area contributed by atoms with Crippen LogP contribution in [0.25, 0.3) is 0 Å². The van der Waals surface area contributed by atoms with Gasteiger partial charge in [-0.3, -0.25) is 0 Å². The van der Waals surface area contributed by atoms with Gasteiger partial charge in [0.2, 0.25) is 0 Å². The molecule has 108 valence electrons. The molecule has 19 heavy (non-hydrogen) atoms. The highest BCUT2D eigenvalue weighted by atomic mass is 32.2. The Labute approximate surface area is 112 Å². The highest BCUT2D eigenvalue weighted by Gasteiger charge is 2.28. The average Bonchev–Trinajstić information content (AvgIpc) is 2.69. The molecule has 1 aromatic heterocycles. The summed E-state index contributed by atoms with van der Waals surface area (Å²) in [6, 6.07) is -0.441. The second kappa shape index (κ2) is 5.57. The highest BCUT2D eigenvalue weighted by molar-refractivity contribution is 7.89. The van der Waals surface area contributed by atoms with Gasteiger partial charge in [0.1, 0.15) is 11.7 Å². The van der Waals surface area contributed by atoms with E-state index in [1.807, 2.05) is 0 Å². The van der Waals surface area contributed by atoms with Crippen LogP contribution in [0.5, 0.6) is 0 Å². The van der Waals surface area contributed by atoms with E-state index in [-0.39, 0.29) is 17.3 Å². The molecule has 0 amide bonds. The summed E-state index contributed by atoms with van der Waals surface area (Å²) in [5.41, 5.74) is 5.38. The summed E-state index contributed by atoms with van der Waals surface area (Å²) in [4.78, 5) is 4.01. The second-order valence-electron chi connectivity index (χ2n) is 4.40. The third-order valence-corrected chi connectivity index (χ3v) is 4.83. The van der Waals surface area contributed by atoms with Crippen molar-refractivity contribution in [1.29, 1.82) is 0 Å². The fraction of sp³-hybridized carbons (Fsp3) is 0.600. The van der Waals surface area contributed by atoms with Gasteiger partial charge in [0, 0.05) is 32.8 Å². The molecule has 0 aliphatic rings. The summed E-state index contributed by atoms with van der Waals surface area (Å²) in [5, 5.41) is 11.3. The second-order valence-corrected chi connectivity index (χ2v) is 6.35. The maximum Gasteiger partial charge on any atom is 0.262 e. The minimum atomic E-state index is -3.68. The number of hydrogen-bond acceptors (Lipinski definition) is 5. The predicted octanol–water partition coefficient (Wildman–Crippen LogP) is -0.126. The van der Waals surface area contributed by atoms with Crippen LogP contribution in [0.3, 0.4) is 0 Å². The van der Waals surface area contributed by atoms with E-state index in [4.69, 9.17) is 10.9 Å². The van der Waals surface area contributed by atoms with E-state index in [0.29, 0.717) is 5.82 Å². The first kappa shape index (κ1) is 15.4. The average molecular weight is 289 g/mol. The van der Waals surface area contributed by atoms with E-state index in [0.717, 1.165) is 4.31 Å². The van der Waals surface area contributed by atoms with E-state index < -0.39 is 16.1 Å². The van der Waals surface area contributed by atoms with Crippen LogP contribution in [0.4, 0.5) is 0 Å². The third-order valence-electron chi connectivity index (χ3n) is 2.98. The highest BCUT2D eigenvalue weighted by Crippen LogP contribution is 2.16. The lowest BCUT2D eigenvalue weighted by atomic mass is 10.2. The molecule has 9 heteroatoms. The Bertz CT molecular complexity index is 558. The molecule has 1 unspecified atom stereocenters. The van der Waals surface area contributed by atoms with E-state index in [2.05, 4.69) is 10.1 Å². The van der Waals surface area contributed by atoms with Gasteiger partial charge in [-0.25, -0.2) is 13.4 Å². The lowest BCUT2D eigenvalue weighted by Crippen LogP contribution is -2.38. The first-order valence-corrected chi connectivity index (χ1v) is 7.08. The van der Waals surface area contributed by atoms with Gasteiger partial charge in [-0.2, -0.15) is 4.31 Å². The first-order chi connectivity index (χ1) is 8.70. The summed E-state index contributed by atoms with van der Waals surface area (Å²) >= 11 is 0. The van der Waals surface area contributed by atoms with Gasteiger partial charge in [0.25, 0.3) is 10.0 Å². The number of nitrogens with zero attached hydrogens (tertiary/aromatic N) is 4. The number of imidazole rings is 1. The zero-order valence-electron chi connectivity index (χ0n) is 11.4. The van der Waals surface area contributed by atoms with Crippen molar-refractivity contribution in [3.63, 3.8) is 0 Å². The van der Waals surface area contributed by atoms with Crippen molar-refractivity contribution in [2.75, 3.05) is 7.05 Å². The molecule has 1 atom stereocenters. The molecule has 0 radical (unpaired) electrons. The van der Waals surface area contributed by atoms with E-state index in [1.54, 1.807) is 25.5 Å². The molecule has 8 nitrogen and oxygen atoms in total. The number of oxime groups is 1. The Morgan fingerprint density at radius 3 is 2.68 bits per heavy atom. The first-order valence-electron chi connectivity index (χ1n) is 5.64.